The second-order valence-electron chi connectivity index (χ2n) is 6.04. The van der Waals surface area contributed by atoms with Gasteiger partial charge < -0.3 is 9.88 Å². The Bertz CT molecular complexity index is 884. The number of imidazole rings is 1. The van der Waals surface area contributed by atoms with E-state index in [0.29, 0.717) is 6.42 Å². The molecule has 1 fully saturated rings. The van der Waals surface area contributed by atoms with Crippen LogP contribution in [0.3, 0.4) is 0 Å². The summed E-state index contributed by atoms with van der Waals surface area (Å²) in [5.74, 6) is 1.06. The Hall–Kier alpha value is -2.69. The van der Waals surface area contributed by atoms with Gasteiger partial charge >= 0.3 is 0 Å². The van der Waals surface area contributed by atoms with Crippen LogP contribution in [-0.4, -0.2) is 26.5 Å². The molecule has 1 amide bonds. The number of nitrogens with one attached hydrogen (secondary N) is 1. The Morgan fingerprint density at radius 1 is 1.26 bits per heavy atom. The van der Waals surface area contributed by atoms with Crippen molar-refractivity contribution in [2.45, 2.75) is 32.4 Å². The lowest BCUT2D eigenvalue weighted by molar-refractivity contribution is -0.119. The van der Waals surface area contributed by atoms with Crippen LogP contribution in [0.4, 0.5) is 0 Å². The van der Waals surface area contributed by atoms with E-state index >= 15 is 0 Å². The summed E-state index contributed by atoms with van der Waals surface area (Å²) in [5.41, 5.74) is 3.24. The van der Waals surface area contributed by atoms with Crippen molar-refractivity contribution in [2.24, 2.45) is 0 Å². The summed E-state index contributed by atoms with van der Waals surface area (Å²) < 4.78 is 2.12. The standard InChI is InChI=1S/C18H18N4O/c1-12-4-6-15(14-3-2-8-19-17(12)14)18-20-9-10-22(18)11-13-5-7-16(23)21-13/h2-4,6,8-10,13H,5,7,11H2,1H3,(H,21,23). The highest BCUT2D eigenvalue weighted by molar-refractivity contribution is 5.94. The zero-order valence-electron chi connectivity index (χ0n) is 13.0. The number of nitrogens with zero attached hydrogens (tertiary/aromatic N) is 3. The third-order valence-electron chi connectivity index (χ3n) is 4.43. The van der Waals surface area contributed by atoms with E-state index in [1.165, 1.54) is 0 Å². The number of hydrogen-bond donors (Lipinski definition) is 1. The molecule has 5 nitrogen and oxygen atoms in total. The number of aryl methyl sites for hydroxylation is 1. The number of hydrogen-bond acceptors (Lipinski definition) is 3. The highest BCUT2D eigenvalue weighted by atomic mass is 16.1. The van der Waals surface area contributed by atoms with Crippen molar-refractivity contribution in [3.05, 3.63) is 48.4 Å². The normalized spacial score (nSPS) is 17.6. The van der Waals surface area contributed by atoms with E-state index < -0.39 is 0 Å². The van der Waals surface area contributed by atoms with Gasteiger partial charge in [-0.3, -0.25) is 9.78 Å². The van der Waals surface area contributed by atoms with E-state index in [0.717, 1.165) is 40.8 Å². The zero-order valence-corrected chi connectivity index (χ0v) is 13.0. The Kier molecular flexibility index (Phi) is 3.33. The maximum absolute atomic E-state index is 11.4. The minimum Gasteiger partial charge on any atom is -0.352 e. The fraction of sp³-hybridized carbons (Fsp3) is 0.278. The first-order valence-electron chi connectivity index (χ1n) is 7.87. The molecule has 1 aromatic carbocycles. The summed E-state index contributed by atoms with van der Waals surface area (Å²) in [6.07, 6.45) is 7.11. The van der Waals surface area contributed by atoms with Crippen molar-refractivity contribution < 1.29 is 4.79 Å². The number of pyridine rings is 1. The summed E-state index contributed by atoms with van der Waals surface area (Å²) in [4.78, 5) is 20.5. The Labute approximate surface area is 134 Å². The van der Waals surface area contributed by atoms with Gasteiger partial charge in [-0.05, 0) is 25.0 Å². The Balaban J connectivity index is 1.76. The molecule has 1 N–H and O–H groups in total. The van der Waals surface area contributed by atoms with Gasteiger partial charge in [0, 0.05) is 48.5 Å². The molecule has 0 radical (unpaired) electrons. The van der Waals surface area contributed by atoms with Crippen LogP contribution in [0.2, 0.25) is 0 Å². The highest BCUT2D eigenvalue weighted by Gasteiger charge is 2.22. The molecular formula is C18H18N4O. The lowest BCUT2D eigenvalue weighted by Gasteiger charge is -2.15. The van der Waals surface area contributed by atoms with Crippen LogP contribution in [0.15, 0.2) is 42.9 Å². The van der Waals surface area contributed by atoms with E-state index in [-0.39, 0.29) is 11.9 Å². The van der Waals surface area contributed by atoms with Gasteiger partial charge in [0.15, 0.2) is 0 Å². The summed E-state index contributed by atoms with van der Waals surface area (Å²) in [6, 6.07) is 8.41. The lowest BCUT2D eigenvalue weighted by Crippen LogP contribution is -2.29. The molecule has 1 saturated heterocycles. The third-order valence-corrected chi connectivity index (χ3v) is 4.43. The SMILES string of the molecule is Cc1ccc(-c2nccn2CC2CCC(=O)N2)c2cccnc12. The highest BCUT2D eigenvalue weighted by Crippen LogP contribution is 2.28. The van der Waals surface area contributed by atoms with Crippen LogP contribution >= 0.6 is 0 Å². The predicted molar refractivity (Wildman–Crippen MR) is 88.9 cm³/mol. The van der Waals surface area contributed by atoms with Crippen LogP contribution in [0.25, 0.3) is 22.3 Å². The summed E-state index contributed by atoms with van der Waals surface area (Å²) in [5, 5.41) is 4.12. The van der Waals surface area contributed by atoms with Gasteiger partial charge in [0.2, 0.25) is 5.91 Å². The molecule has 1 unspecified atom stereocenters. The summed E-state index contributed by atoms with van der Waals surface area (Å²) >= 11 is 0. The average molecular weight is 306 g/mol. The fourth-order valence-electron chi connectivity index (χ4n) is 3.26. The molecule has 1 aliphatic rings. The lowest BCUT2D eigenvalue weighted by atomic mass is 10.0. The number of aromatic nitrogens is 3. The average Bonchev–Trinajstić information content (AvgIpc) is 3.18. The van der Waals surface area contributed by atoms with Crippen LogP contribution in [0.5, 0.6) is 0 Å². The van der Waals surface area contributed by atoms with Crippen molar-refractivity contribution >= 4 is 16.8 Å². The number of carbonyl (C=O) groups is 1. The third kappa shape index (κ3) is 2.48. The van der Waals surface area contributed by atoms with Crippen molar-refractivity contribution in [3.8, 4) is 11.4 Å². The predicted octanol–water partition coefficient (Wildman–Crippen LogP) is 2.69. The van der Waals surface area contributed by atoms with E-state index in [9.17, 15) is 4.79 Å². The first-order chi connectivity index (χ1) is 11.2. The smallest absolute Gasteiger partial charge is 0.220 e. The minimum absolute atomic E-state index is 0.140. The summed E-state index contributed by atoms with van der Waals surface area (Å²) in [7, 11) is 0. The Morgan fingerprint density at radius 3 is 3.00 bits per heavy atom. The Morgan fingerprint density at radius 2 is 2.17 bits per heavy atom. The largest absolute Gasteiger partial charge is 0.352 e. The maximum Gasteiger partial charge on any atom is 0.220 e. The minimum atomic E-state index is 0.140. The van der Waals surface area contributed by atoms with Gasteiger partial charge in [-0.2, -0.15) is 0 Å². The number of rotatable bonds is 3. The van der Waals surface area contributed by atoms with E-state index in [4.69, 9.17) is 0 Å². The topological polar surface area (TPSA) is 59.8 Å². The van der Waals surface area contributed by atoms with E-state index in [2.05, 4.69) is 45.0 Å². The molecule has 0 bridgehead atoms. The van der Waals surface area contributed by atoms with Gasteiger partial charge in [-0.15, -0.1) is 0 Å². The molecule has 23 heavy (non-hydrogen) atoms. The van der Waals surface area contributed by atoms with Gasteiger partial charge in [0.25, 0.3) is 0 Å². The fourth-order valence-corrected chi connectivity index (χ4v) is 3.26. The molecular weight excluding hydrogens is 288 g/mol. The maximum atomic E-state index is 11.4. The first kappa shape index (κ1) is 13.9. The molecule has 116 valence electrons. The van der Waals surface area contributed by atoms with Gasteiger partial charge in [-0.1, -0.05) is 18.2 Å². The second-order valence-corrected chi connectivity index (χ2v) is 6.04. The van der Waals surface area contributed by atoms with Crippen LogP contribution in [0.1, 0.15) is 18.4 Å². The zero-order chi connectivity index (χ0) is 15.8. The molecule has 1 aliphatic heterocycles. The van der Waals surface area contributed by atoms with Crippen molar-refractivity contribution in [1.82, 2.24) is 19.9 Å². The molecule has 0 aliphatic carbocycles. The van der Waals surface area contributed by atoms with E-state index in [1.54, 1.807) is 0 Å². The number of carbonyl (C=O) groups excluding carboxylic acids is 1. The number of benzene rings is 1. The molecule has 5 heteroatoms. The van der Waals surface area contributed by atoms with Crippen LogP contribution < -0.4 is 5.32 Å². The van der Waals surface area contributed by atoms with Crippen molar-refractivity contribution in [3.63, 3.8) is 0 Å². The molecule has 0 spiro atoms. The van der Waals surface area contributed by atoms with Crippen LogP contribution in [-0.2, 0) is 11.3 Å². The second kappa shape index (κ2) is 5.50. The van der Waals surface area contributed by atoms with Crippen LogP contribution in [0, 0.1) is 6.92 Å². The monoisotopic (exact) mass is 306 g/mol. The van der Waals surface area contributed by atoms with E-state index in [1.807, 2.05) is 24.7 Å². The van der Waals surface area contributed by atoms with Crippen molar-refractivity contribution in [1.29, 1.82) is 0 Å². The van der Waals surface area contributed by atoms with Crippen molar-refractivity contribution in [2.75, 3.05) is 0 Å². The van der Waals surface area contributed by atoms with Gasteiger partial charge in [0.1, 0.15) is 5.82 Å². The molecule has 3 heterocycles. The quantitative estimate of drug-likeness (QED) is 0.809. The molecule has 2 aromatic heterocycles. The first-order valence-corrected chi connectivity index (χ1v) is 7.87. The summed E-state index contributed by atoms with van der Waals surface area (Å²) in [6.45, 7) is 2.82. The molecule has 3 aromatic rings. The number of fused-ring (bicyclic) bond motifs is 1. The molecule has 4 rings (SSSR count). The molecule has 1 atom stereocenters. The van der Waals surface area contributed by atoms with Gasteiger partial charge in [0.05, 0.1) is 5.52 Å². The molecule has 0 saturated carbocycles. The van der Waals surface area contributed by atoms with Gasteiger partial charge in [-0.25, -0.2) is 4.98 Å². The number of amides is 1.